The van der Waals surface area contributed by atoms with E-state index in [1.807, 2.05) is 0 Å². The molecule has 0 unspecified atom stereocenters. The van der Waals surface area contributed by atoms with Crippen LogP contribution in [0.4, 0.5) is 10.1 Å². The Hall–Kier alpha value is -2.18. The standard InChI is InChI=1S/C12H13FN2O4/c13-9-3-4-10(15(17)18)11(5-9)19-7-12(16)14-6-8-1-2-8/h3-5,8H,1-2,6-7H2,(H,14,16). The highest BCUT2D eigenvalue weighted by Gasteiger charge is 2.22. The summed E-state index contributed by atoms with van der Waals surface area (Å²) in [5.41, 5.74) is -0.364. The molecule has 7 heteroatoms. The minimum atomic E-state index is -0.684. The van der Waals surface area contributed by atoms with E-state index < -0.39 is 10.7 Å². The van der Waals surface area contributed by atoms with Crippen LogP contribution in [0.25, 0.3) is 0 Å². The summed E-state index contributed by atoms with van der Waals surface area (Å²) in [5.74, 6) is -0.733. The predicted molar refractivity (Wildman–Crippen MR) is 64.3 cm³/mol. The van der Waals surface area contributed by atoms with Gasteiger partial charge >= 0.3 is 5.69 Å². The number of carbonyl (C=O) groups is 1. The lowest BCUT2D eigenvalue weighted by atomic mass is 10.3. The molecule has 0 aromatic heterocycles. The van der Waals surface area contributed by atoms with E-state index in [2.05, 4.69) is 5.32 Å². The zero-order chi connectivity index (χ0) is 13.8. The van der Waals surface area contributed by atoms with Crippen LogP contribution in [0.1, 0.15) is 12.8 Å². The van der Waals surface area contributed by atoms with Crippen LogP contribution in [0.15, 0.2) is 18.2 Å². The maximum absolute atomic E-state index is 13.0. The van der Waals surface area contributed by atoms with E-state index in [1.54, 1.807) is 0 Å². The van der Waals surface area contributed by atoms with Crippen LogP contribution < -0.4 is 10.1 Å². The second kappa shape index (κ2) is 5.64. The number of hydrogen-bond donors (Lipinski definition) is 1. The summed E-state index contributed by atoms with van der Waals surface area (Å²) in [5, 5.41) is 13.4. The number of rotatable bonds is 6. The fourth-order valence-corrected chi connectivity index (χ4v) is 1.53. The van der Waals surface area contributed by atoms with Crippen LogP contribution in [0.3, 0.4) is 0 Å². The van der Waals surface area contributed by atoms with Gasteiger partial charge in [0.1, 0.15) is 5.82 Å². The molecule has 1 aromatic rings. The Bertz CT molecular complexity index is 503. The van der Waals surface area contributed by atoms with Gasteiger partial charge in [0, 0.05) is 18.7 Å². The Morgan fingerprint density at radius 3 is 2.89 bits per heavy atom. The highest BCUT2D eigenvalue weighted by Crippen LogP contribution is 2.28. The summed E-state index contributed by atoms with van der Waals surface area (Å²) >= 11 is 0. The van der Waals surface area contributed by atoms with E-state index in [4.69, 9.17) is 4.74 Å². The highest BCUT2D eigenvalue weighted by molar-refractivity contribution is 5.77. The van der Waals surface area contributed by atoms with Crippen molar-refractivity contribution in [1.82, 2.24) is 5.32 Å². The maximum Gasteiger partial charge on any atom is 0.311 e. The number of amides is 1. The van der Waals surface area contributed by atoms with Crippen molar-refractivity contribution in [2.24, 2.45) is 5.92 Å². The molecule has 0 heterocycles. The third-order valence-electron chi connectivity index (χ3n) is 2.76. The van der Waals surface area contributed by atoms with Gasteiger partial charge in [-0.3, -0.25) is 14.9 Å². The normalized spacial score (nSPS) is 13.9. The maximum atomic E-state index is 13.0. The quantitative estimate of drug-likeness (QED) is 0.628. The van der Waals surface area contributed by atoms with Gasteiger partial charge in [0.15, 0.2) is 6.61 Å². The molecule has 19 heavy (non-hydrogen) atoms. The molecule has 0 bridgehead atoms. The van der Waals surface area contributed by atoms with Crippen molar-refractivity contribution >= 4 is 11.6 Å². The third kappa shape index (κ3) is 3.90. The van der Waals surface area contributed by atoms with Gasteiger partial charge in [0.2, 0.25) is 5.75 Å². The smallest absolute Gasteiger partial charge is 0.311 e. The van der Waals surface area contributed by atoms with Gasteiger partial charge in [-0.2, -0.15) is 0 Å². The second-order valence-corrected chi connectivity index (χ2v) is 4.41. The lowest BCUT2D eigenvalue weighted by Gasteiger charge is -2.07. The molecule has 1 fully saturated rings. The Morgan fingerprint density at radius 1 is 1.53 bits per heavy atom. The summed E-state index contributed by atoms with van der Waals surface area (Å²) in [6, 6.07) is 2.87. The molecule has 102 valence electrons. The molecular formula is C12H13FN2O4. The highest BCUT2D eigenvalue weighted by atomic mass is 19.1. The lowest BCUT2D eigenvalue weighted by Crippen LogP contribution is -2.30. The number of nitrogens with zero attached hydrogens (tertiary/aromatic N) is 1. The van der Waals surface area contributed by atoms with Gasteiger partial charge in [0.25, 0.3) is 5.91 Å². The summed E-state index contributed by atoms with van der Waals surface area (Å²) < 4.78 is 18.0. The molecule has 0 radical (unpaired) electrons. The number of ether oxygens (including phenoxy) is 1. The van der Waals surface area contributed by atoms with E-state index >= 15 is 0 Å². The summed E-state index contributed by atoms with van der Waals surface area (Å²) in [4.78, 5) is 21.4. The minimum absolute atomic E-state index is 0.244. The largest absolute Gasteiger partial charge is 0.477 e. The van der Waals surface area contributed by atoms with E-state index in [0.717, 1.165) is 31.0 Å². The first-order valence-electron chi connectivity index (χ1n) is 5.89. The number of nitro benzene ring substituents is 1. The molecule has 1 amide bonds. The van der Waals surface area contributed by atoms with E-state index in [-0.39, 0.29) is 24.0 Å². The molecule has 0 atom stereocenters. The first-order valence-corrected chi connectivity index (χ1v) is 5.89. The van der Waals surface area contributed by atoms with E-state index in [1.165, 1.54) is 0 Å². The van der Waals surface area contributed by atoms with Crippen LogP contribution in [0.2, 0.25) is 0 Å². The number of halogens is 1. The molecule has 1 N–H and O–H groups in total. The van der Waals surface area contributed by atoms with Gasteiger partial charge in [-0.25, -0.2) is 4.39 Å². The molecule has 0 aliphatic heterocycles. The van der Waals surface area contributed by atoms with Gasteiger partial charge in [0.05, 0.1) is 4.92 Å². The van der Waals surface area contributed by atoms with Crippen LogP contribution in [0.5, 0.6) is 5.75 Å². The molecule has 1 saturated carbocycles. The first-order chi connectivity index (χ1) is 9.06. The number of nitrogens with one attached hydrogen (secondary N) is 1. The van der Waals surface area contributed by atoms with Crippen LogP contribution in [-0.4, -0.2) is 24.0 Å². The first kappa shape index (κ1) is 13.3. The molecule has 1 aliphatic rings. The van der Waals surface area contributed by atoms with Crippen molar-refractivity contribution in [3.05, 3.63) is 34.1 Å². The Morgan fingerprint density at radius 2 is 2.26 bits per heavy atom. The van der Waals surface area contributed by atoms with Crippen molar-refractivity contribution in [3.63, 3.8) is 0 Å². The van der Waals surface area contributed by atoms with Crippen molar-refractivity contribution in [2.75, 3.05) is 13.2 Å². The molecule has 0 saturated heterocycles. The fourth-order valence-electron chi connectivity index (χ4n) is 1.53. The van der Waals surface area contributed by atoms with Gasteiger partial charge < -0.3 is 10.1 Å². The van der Waals surface area contributed by atoms with Gasteiger partial charge in [-0.15, -0.1) is 0 Å². The molecular weight excluding hydrogens is 255 g/mol. The number of carbonyl (C=O) groups excluding carboxylic acids is 1. The van der Waals surface area contributed by atoms with E-state index in [9.17, 15) is 19.3 Å². The molecule has 1 aliphatic carbocycles. The SMILES string of the molecule is O=C(COc1cc(F)ccc1[N+](=O)[O-])NCC1CC1. The molecule has 6 nitrogen and oxygen atoms in total. The van der Waals surface area contributed by atoms with Crippen molar-refractivity contribution in [3.8, 4) is 5.75 Å². The minimum Gasteiger partial charge on any atom is -0.477 e. The van der Waals surface area contributed by atoms with Crippen LogP contribution in [-0.2, 0) is 4.79 Å². The average Bonchev–Trinajstić information content (AvgIpc) is 3.17. The summed E-state index contributed by atoms with van der Waals surface area (Å²) in [6.45, 7) is 0.227. The molecule has 0 spiro atoms. The van der Waals surface area contributed by atoms with Crippen molar-refractivity contribution < 1.29 is 18.8 Å². The van der Waals surface area contributed by atoms with Crippen LogP contribution >= 0.6 is 0 Å². The number of hydrogen-bond acceptors (Lipinski definition) is 4. The van der Waals surface area contributed by atoms with Crippen LogP contribution in [0, 0.1) is 21.8 Å². The topological polar surface area (TPSA) is 81.5 Å². The van der Waals surface area contributed by atoms with Gasteiger partial charge in [-0.05, 0) is 24.8 Å². The lowest BCUT2D eigenvalue weighted by molar-refractivity contribution is -0.385. The summed E-state index contributed by atoms with van der Waals surface area (Å²) in [7, 11) is 0. The zero-order valence-corrected chi connectivity index (χ0v) is 10.1. The molecule has 1 aromatic carbocycles. The number of nitro groups is 1. The summed E-state index contributed by atoms with van der Waals surface area (Å²) in [6.07, 6.45) is 2.22. The Balaban J connectivity index is 1.91. The Labute approximate surface area is 108 Å². The second-order valence-electron chi connectivity index (χ2n) is 4.41. The fraction of sp³-hybridized carbons (Fsp3) is 0.417. The molecule has 2 rings (SSSR count). The average molecular weight is 268 g/mol. The van der Waals surface area contributed by atoms with Crippen molar-refractivity contribution in [1.29, 1.82) is 0 Å². The monoisotopic (exact) mass is 268 g/mol. The van der Waals surface area contributed by atoms with E-state index in [0.29, 0.717) is 12.5 Å². The third-order valence-corrected chi connectivity index (χ3v) is 2.76. The predicted octanol–water partition coefficient (Wildman–Crippen LogP) is 1.64. The van der Waals surface area contributed by atoms with Crippen molar-refractivity contribution in [2.45, 2.75) is 12.8 Å². The van der Waals surface area contributed by atoms with Gasteiger partial charge in [-0.1, -0.05) is 0 Å². The number of benzene rings is 1. The zero-order valence-electron chi connectivity index (χ0n) is 10.1. The Kier molecular flexibility index (Phi) is 3.94.